The van der Waals surface area contributed by atoms with E-state index in [9.17, 15) is 4.79 Å². The molecule has 1 atom stereocenters. The molecule has 2 aromatic rings. The largest absolute Gasteiger partial charge is 0.344 e. The van der Waals surface area contributed by atoms with E-state index in [1.54, 1.807) is 0 Å². The Morgan fingerprint density at radius 3 is 2.63 bits per heavy atom. The SMILES string of the molecule is O=C(NC1CNCc2ccccc21)c1ccccc1. The molecule has 0 aliphatic carbocycles. The molecule has 0 radical (unpaired) electrons. The van der Waals surface area contributed by atoms with Crippen LogP contribution in [0.1, 0.15) is 27.5 Å². The summed E-state index contributed by atoms with van der Waals surface area (Å²) in [4.78, 5) is 12.2. The van der Waals surface area contributed by atoms with Crippen LogP contribution in [0.5, 0.6) is 0 Å². The number of nitrogens with one attached hydrogen (secondary N) is 2. The number of hydrogen-bond acceptors (Lipinski definition) is 2. The molecule has 3 rings (SSSR count). The number of fused-ring (bicyclic) bond motifs is 1. The number of carbonyl (C=O) groups excluding carboxylic acids is 1. The van der Waals surface area contributed by atoms with Gasteiger partial charge in [0.25, 0.3) is 5.91 Å². The molecule has 1 aliphatic heterocycles. The predicted molar refractivity (Wildman–Crippen MR) is 74.8 cm³/mol. The van der Waals surface area contributed by atoms with Gasteiger partial charge in [-0.15, -0.1) is 0 Å². The van der Waals surface area contributed by atoms with E-state index >= 15 is 0 Å². The molecule has 1 heterocycles. The average Bonchev–Trinajstić information content (AvgIpc) is 2.48. The van der Waals surface area contributed by atoms with E-state index in [-0.39, 0.29) is 11.9 Å². The van der Waals surface area contributed by atoms with Crippen LogP contribution in [0.2, 0.25) is 0 Å². The molecular formula is C16H16N2O. The standard InChI is InChI=1S/C16H16N2O/c19-16(12-6-2-1-3-7-12)18-15-11-17-10-13-8-4-5-9-14(13)15/h1-9,15,17H,10-11H2,(H,18,19). The summed E-state index contributed by atoms with van der Waals surface area (Å²) in [6.07, 6.45) is 0. The number of amides is 1. The minimum Gasteiger partial charge on any atom is -0.344 e. The predicted octanol–water partition coefficient (Wildman–Crippen LogP) is 2.26. The highest BCUT2D eigenvalue weighted by atomic mass is 16.1. The Labute approximate surface area is 112 Å². The first-order valence-corrected chi connectivity index (χ1v) is 6.49. The van der Waals surface area contributed by atoms with Gasteiger partial charge in [0, 0.05) is 18.7 Å². The first-order chi connectivity index (χ1) is 9.34. The Balaban J connectivity index is 1.80. The smallest absolute Gasteiger partial charge is 0.251 e. The second-order valence-electron chi connectivity index (χ2n) is 4.72. The van der Waals surface area contributed by atoms with Crippen molar-refractivity contribution in [1.29, 1.82) is 0 Å². The lowest BCUT2D eigenvalue weighted by Gasteiger charge is -2.27. The zero-order valence-corrected chi connectivity index (χ0v) is 10.6. The normalized spacial score (nSPS) is 17.6. The van der Waals surface area contributed by atoms with Crippen molar-refractivity contribution in [2.45, 2.75) is 12.6 Å². The van der Waals surface area contributed by atoms with Crippen molar-refractivity contribution >= 4 is 5.91 Å². The molecule has 0 spiro atoms. The second-order valence-corrected chi connectivity index (χ2v) is 4.72. The van der Waals surface area contributed by atoms with E-state index in [0.717, 1.165) is 13.1 Å². The Bertz CT molecular complexity index is 580. The topological polar surface area (TPSA) is 41.1 Å². The third-order valence-electron chi connectivity index (χ3n) is 3.44. The molecular weight excluding hydrogens is 236 g/mol. The van der Waals surface area contributed by atoms with Gasteiger partial charge in [-0.1, -0.05) is 42.5 Å². The Kier molecular flexibility index (Phi) is 3.29. The van der Waals surface area contributed by atoms with E-state index < -0.39 is 0 Å². The molecule has 96 valence electrons. The van der Waals surface area contributed by atoms with E-state index in [2.05, 4.69) is 22.8 Å². The van der Waals surface area contributed by atoms with Gasteiger partial charge in [0.1, 0.15) is 0 Å². The van der Waals surface area contributed by atoms with Gasteiger partial charge < -0.3 is 10.6 Å². The summed E-state index contributed by atoms with van der Waals surface area (Å²) in [5.74, 6) is -0.0240. The molecule has 1 unspecified atom stereocenters. The molecule has 3 nitrogen and oxygen atoms in total. The lowest BCUT2D eigenvalue weighted by atomic mass is 9.96. The van der Waals surface area contributed by atoms with Gasteiger partial charge in [-0.25, -0.2) is 0 Å². The fourth-order valence-electron chi connectivity index (χ4n) is 2.46. The third-order valence-corrected chi connectivity index (χ3v) is 3.44. The lowest BCUT2D eigenvalue weighted by Crippen LogP contribution is -2.39. The summed E-state index contributed by atoms with van der Waals surface area (Å²) >= 11 is 0. The third kappa shape index (κ3) is 2.51. The molecule has 2 N–H and O–H groups in total. The minimum atomic E-state index is -0.0240. The molecule has 3 heteroatoms. The van der Waals surface area contributed by atoms with Crippen molar-refractivity contribution in [3.63, 3.8) is 0 Å². The van der Waals surface area contributed by atoms with Gasteiger partial charge in [0.15, 0.2) is 0 Å². The maximum absolute atomic E-state index is 12.2. The first-order valence-electron chi connectivity index (χ1n) is 6.49. The Hall–Kier alpha value is -2.13. The van der Waals surface area contributed by atoms with Gasteiger partial charge in [0.2, 0.25) is 0 Å². The first kappa shape index (κ1) is 11.9. The fraction of sp³-hybridized carbons (Fsp3) is 0.188. The summed E-state index contributed by atoms with van der Waals surface area (Å²) in [5, 5.41) is 6.42. The summed E-state index contributed by atoms with van der Waals surface area (Å²) in [6.45, 7) is 1.64. The summed E-state index contributed by atoms with van der Waals surface area (Å²) in [5.41, 5.74) is 3.17. The molecule has 2 aromatic carbocycles. The summed E-state index contributed by atoms with van der Waals surface area (Å²) in [6, 6.07) is 17.6. The van der Waals surface area contributed by atoms with E-state index in [1.165, 1.54) is 11.1 Å². The fourth-order valence-corrected chi connectivity index (χ4v) is 2.46. The van der Waals surface area contributed by atoms with Crippen LogP contribution in [-0.2, 0) is 6.54 Å². The molecule has 0 fully saturated rings. The van der Waals surface area contributed by atoms with Crippen molar-refractivity contribution in [2.24, 2.45) is 0 Å². The highest BCUT2D eigenvalue weighted by Crippen LogP contribution is 2.21. The molecule has 19 heavy (non-hydrogen) atoms. The van der Waals surface area contributed by atoms with E-state index in [1.807, 2.05) is 42.5 Å². The zero-order valence-electron chi connectivity index (χ0n) is 10.6. The van der Waals surface area contributed by atoms with Crippen molar-refractivity contribution in [3.8, 4) is 0 Å². The number of carbonyl (C=O) groups is 1. The van der Waals surface area contributed by atoms with Crippen molar-refractivity contribution < 1.29 is 4.79 Å². The zero-order chi connectivity index (χ0) is 13.1. The molecule has 0 saturated carbocycles. The molecule has 0 aromatic heterocycles. The summed E-state index contributed by atoms with van der Waals surface area (Å²) in [7, 11) is 0. The molecule has 0 saturated heterocycles. The van der Waals surface area contributed by atoms with Gasteiger partial charge in [-0.2, -0.15) is 0 Å². The number of benzene rings is 2. The maximum Gasteiger partial charge on any atom is 0.251 e. The van der Waals surface area contributed by atoms with Crippen molar-refractivity contribution in [3.05, 3.63) is 71.3 Å². The van der Waals surface area contributed by atoms with Gasteiger partial charge in [0.05, 0.1) is 6.04 Å². The quantitative estimate of drug-likeness (QED) is 0.860. The molecule has 0 bridgehead atoms. The highest BCUT2D eigenvalue weighted by molar-refractivity contribution is 5.94. The van der Waals surface area contributed by atoms with Crippen LogP contribution in [0.3, 0.4) is 0 Å². The van der Waals surface area contributed by atoms with Crippen molar-refractivity contribution in [1.82, 2.24) is 10.6 Å². The minimum absolute atomic E-state index is 0.0240. The average molecular weight is 252 g/mol. The van der Waals surface area contributed by atoms with Crippen LogP contribution < -0.4 is 10.6 Å². The monoisotopic (exact) mass is 252 g/mol. The second kappa shape index (κ2) is 5.24. The Morgan fingerprint density at radius 2 is 1.79 bits per heavy atom. The van der Waals surface area contributed by atoms with Crippen LogP contribution in [0, 0.1) is 0 Å². The van der Waals surface area contributed by atoms with Gasteiger partial charge in [-0.3, -0.25) is 4.79 Å². The van der Waals surface area contributed by atoms with Gasteiger partial charge in [-0.05, 0) is 23.3 Å². The van der Waals surface area contributed by atoms with Crippen LogP contribution in [0.4, 0.5) is 0 Å². The van der Waals surface area contributed by atoms with Crippen molar-refractivity contribution in [2.75, 3.05) is 6.54 Å². The Morgan fingerprint density at radius 1 is 1.05 bits per heavy atom. The molecule has 1 aliphatic rings. The molecule has 1 amide bonds. The van der Waals surface area contributed by atoms with Crippen LogP contribution in [-0.4, -0.2) is 12.5 Å². The summed E-state index contributed by atoms with van der Waals surface area (Å²) < 4.78 is 0. The van der Waals surface area contributed by atoms with E-state index in [0.29, 0.717) is 5.56 Å². The van der Waals surface area contributed by atoms with E-state index in [4.69, 9.17) is 0 Å². The van der Waals surface area contributed by atoms with Crippen LogP contribution in [0.15, 0.2) is 54.6 Å². The van der Waals surface area contributed by atoms with Crippen LogP contribution in [0.25, 0.3) is 0 Å². The number of rotatable bonds is 2. The highest BCUT2D eigenvalue weighted by Gasteiger charge is 2.21. The maximum atomic E-state index is 12.2. The lowest BCUT2D eigenvalue weighted by molar-refractivity contribution is 0.0934. The van der Waals surface area contributed by atoms with Crippen LogP contribution >= 0.6 is 0 Å². The number of hydrogen-bond donors (Lipinski definition) is 2. The van der Waals surface area contributed by atoms with Gasteiger partial charge >= 0.3 is 0 Å².